The molecule has 0 unspecified atom stereocenters. The van der Waals surface area contributed by atoms with Gasteiger partial charge in [0.15, 0.2) is 23.0 Å². The lowest BCUT2D eigenvalue weighted by atomic mass is 9.88. The molecule has 4 atom stereocenters. The number of carbonyl (C=O) groups excluding carboxylic acids is 12. The number of nitrogens with one attached hydrogen (secondary N) is 8. The predicted octanol–water partition coefficient (Wildman–Crippen LogP) is 15.1. The maximum Gasteiger partial charge on any atom is 0.284 e. The Morgan fingerprint density at radius 3 is 0.986 bits per heavy atom. The summed E-state index contributed by atoms with van der Waals surface area (Å²) in [4.78, 5) is 168. The number of carbonyl (C=O) groups is 12. The van der Waals surface area contributed by atoms with E-state index in [4.69, 9.17) is 4.42 Å². The highest BCUT2D eigenvalue weighted by molar-refractivity contribution is 6.33. The van der Waals surface area contributed by atoms with Crippen LogP contribution in [0.25, 0.3) is 0 Å². The first kappa shape index (κ1) is 104. The Hall–Kier alpha value is -16.7. The molecule has 1 saturated carbocycles. The molecule has 0 saturated heterocycles. The van der Waals surface area contributed by atoms with E-state index in [0.717, 1.165) is 59.3 Å². The topological polar surface area (TPSA) is 421 Å². The van der Waals surface area contributed by atoms with Gasteiger partial charge >= 0.3 is 0 Å². The number of para-hydroxylation sites is 5. The molecule has 12 N–H and O–H groups in total. The Kier molecular flexibility index (Phi) is 34.2. The number of amides is 12. The standard InChI is InChI=1S/C29H30N4O4.C28H34N4O4.C26H26N4O5.C26H32N4O4/c1-4-22(20-14-9-6-10-15-20)30-24-25(29(37)33(28(24)36)18-19-12-7-5-8-13-19)31-23-17-11-16-21(26(23)34)27(35)32(2)3;1-4-21(18-12-7-5-8-13-18)29-23-24(28(36)32(27(23)35)19-14-9-6-10-15-19)30-22-17-11-16-20(25(22)33)26(34)31(2)3;1-4-18(20-14-9-15-35-20)27-21-22(26(34)30(25(21)33)16-10-6-5-7-11-16)28-19-13-8-12-17(23(19)31)24(32)29(2)3;1-16(26(2,3)4)27-20-21(25(34)30(24(20)33)15-17-11-8-7-9-12-17)28-19-14-10-13-18(22(19)31)23(32)29(5)6/h5-17,22,30-31,34H,4,18H2,1-3H3;5,7-8,11-13,16-17,19,21,29-30,33H,4,6,9-10,14-15H2,1-3H3;5-15,18,27-28,31H,4H2,1-3H3;7-14,16,27-28,31H,15H2,1-6H3/t22-;21-;18-;16-/m1110/s1. The second-order valence-electron chi connectivity index (χ2n) is 36.4. The van der Waals surface area contributed by atoms with Gasteiger partial charge in [0.2, 0.25) is 0 Å². The molecule has 0 bridgehead atoms. The number of phenols is 4. The van der Waals surface area contributed by atoms with Crippen molar-refractivity contribution in [2.75, 3.05) is 82.5 Å². The van der Waals surface area contributed by atoms with Crippen LogP contribution in [-0.2, 0) is 51.4 Å². The van der Waals surface area contributed by atoms with E-state index in [0.29, 0.717) is 30.7 Å². The Labute approximate surface area is 825 Å². The molecule has 33 heteroatoms. The van der Waals surface area contributed by atoms with Crippen LogP contribution in [0, 0.1) is 5.41 Å². The van der Waals surface area contributed by atoms with E-state index in [2.05, 4.69) is 42.5 Å². The molecule has 4 aliphatic heterocycles. The largest absolute Gasteiger partial charge is 0.505 e. The van der Waals surface area contributed by atoms with Crippen LogP contribution in [0.3, 0.4) is 0 Å². The summed E-state index contributed by atoms with van der Waals surface area (Å²) < 4.78 is 5.51. The third-order valence-corrected chi connectivity index (χ3v) is 24.7. The molecule has 1 aromatic heterocycles. The van der Waals surface area contributed by atoms with Crippen LogP contribution >= 0.6 is 0 Å². The number of hydrogen-bond donors (Lipinski definition) is 12. The minimum atomic E-state index is -0.596. The smallest absolute Gasteiger partial charge is 0.284 e. The van der Waals surface area contributed by atoms with E-state index < -0.39 is 47.3 Å². The molecule has 10 aromatic rings. The van der Waals surface area contributed by atoms with Crippen molar-refractivity contribution in [3.8, 4) is 23.0 Å². The fourth-order valence-electron chi connectivity index (χ4n) is 16.3. The van der Waals surface area contributed by atoms with E-state index >= 15 is 0 Å². The van der Waals surface area contributed by atoms with Gasteiger partial charge in [-0.15, -0.1) is 0 Å². The second-order valence-corrected chi connectivity index (χ2v) is 36.4. The van der Waals surface area contributed by atoms with Crippen molar-refractivity contribution in [2.24, 2.45) is 5.41 Å². The van der Waals surface area contributed by atoms with E-state index in [1.54, 1.807) is 141 Å². The summed E-state index contributed by atoms with van der Waals surface area (Å²) in [7, 11) is 12.7. The third kappa shape index (κ3) is 23.8. The maximum atomic E-state index is 13.7. The average molecular weight is 1930 g/mol. The van der Waals surface area contributed by atoms with Crippen molar-refractivity contribution in [3.63, 3.8) is 0 Å². The number of furan rings is 1. The molecule has 5 heterocycles. The van der Waals surface area contributed by atoms with Gasteiger partial charge in [0.25, 0.3) is 70.9 Å². The Balaban J connectivity index is 0.000000169. The zero-order chi connectivity index (χ0) is 103. The quantitative estimate of drug-likeness (QED) is 0.0138. The van der Waals surface area contributed by atoms with Gasteiger partial charge in [0.05, 0.1) is 88.2 Å². The molecule has 0 spiro atoms. The van der Waals surface area contributed by atoms with Crippen LogP contribution in [-0.4, -0.2) is 194 Å². The maximum absolute atomic E-state index is 13.7. The number of rotatable bonds is 32. The number of anilines is 5. The third-order valence-electron chi connectivity index (χ3n) is 24.7. The van der Waals surface area contributed by atoms with Crippen molar-refractivity contribution >= 4 is 99.3 Å². The Bertz CT molecular complexity index is 6470. The summed E-state index contributed by atoms with van der Waals surface area (Å²) in [6.45, 7) is 14.2. The Morgan fingerprint density at radius 2 is 0.648 bits per heavy atom. The highest BCUT2D eigenvalue weighted by Gasteiger charge is 2.47. The highest BCUT2D eigenvalue weighted by Crippen LogP contribution is 2.41. The molecule has 12 amide bonds. The molecular formula is C109H122N16O17. The average Bonchev–Trinajstić information content (AvgIpc) is 1.50. The molecule has 1 fully saturated rings. The monoisotopic (exact) mass is 1930 g/mol. The summed E-state index contributed by atoms with van der Waals surface area (Å²) in [5.74, 6) is -5.98. The lowest BCUT2D eigenvalue weighted by Crippen LogP contribution is -2.43. The van der Waals surface area contributed by atoms with Crippen LogP contribution in [0.2, 0.25) is 0 Å². The summed E-state index contributed by atoms with van der Waals surface area (Å²) in [6.07, 6.45) is 8.10. The highest BCUT2D eigenvalue weighted by atomic mass is 16.3. The summed E-state index contributed by atoms with van der Waals surface area (Å²) in [6, 6.07) is 67.6. The fraction of sp³-hybridized carbons (Fsp3) is 0.284. The first-order chi connectivity index (χ1) is 67.9. The van der Waals surface area contributed by atoms with Crippen LogP contribution in [0.1, 0.15) is 187 Å². The summed E-state index contributed by atoms with van der Waals surface area (Å²) >= 11 is 0. The molecular weight excluding hydrogens is 1810 g/mol. The molecule has 740 valence electrons. The van der Waals surface area contributed by atoms with Gasteiger partial charge < -0.3 is 87.0 Å². The number of aromatic hydroxyl groups is 4. The number of hydrogen-bond acceptors (Lipinski definition) is 25. The van der Waals surface area contributed by atoms with E-state index in [-0.39, 0.29) is 186 Å². The SMILES string of the molecule is CC[C@@H](NC1=C(Nc2cccc(C(=O)N(C)C)c2O)C(=O)N(C2CCCCC2)C1=O)c1ccccc1.CC[C@@H](NC1=C(Nc2cccc(C(=O)N(C)C)c2O)C(=O)N(Cc2ccccc2)C1=O)c1ccccc1.CC[C@@H](NC1=C(Nc2cccc(C(=O)N(C)C)c2O)C(=O)N(c2ccccc2)C1=O)c1ccco1.C[C@H](NC1=C(Nc2cccc(C(=O)N(C)C)c2O)C(=O)N(Cc2ccccc2)C1=O)C(C)(C)C. The molecule has 33 nitrogen and oxygen atoms in total. The molecule has 1 aliphatic carbocycles. The first-order valence-corrected chi connectivity index (χ1v) is 46.9. The number of phenolic OH excluding ortho intramolecular Hbond substituents is 4. The van der Waals surface area contributed by atoms with Crippen LogP contribution in [0.15, 0.2) is 293 Å². The summed E-state index contributed by atoms with van der Waals surface area (Å²) in [5.41, 5.74) is 5.33. The van der Waals surface area contributed by atoms with E-state index in [1.807, 2.05) is 170 Å². The van der Waals surface area contributed by atoms with Crippen molar-refractivity contribution < 1.29 is 82.4 Å². The lowest BCUT2D eigenvalue weighted by Gasteiger charge is -2.30. The lowest BCUT2D eigenvalue weighted by molar-refractivity contribution is -0.142. The number of imide groups is 4. The normalized spacial score (nSPS) is 15.2. The first-order valence-electron chi connectivity index (χ1n) is 46.9. The van der Waals surface area contributed by atoms with Gasteiger partial charge in [-0.25, -0.2) is 4.90 Å². The van der Waals surface area contributed by atoms with Gasteiger partial charge in [-0.3, -0.25) is 72.2 Å². The second kappa shape index (κ2) is 46.6. The van der Waals surface area contributed by atoms with Crippen molar-refractivity contribution in [1.29, 1.82) is 0 Å². The fourth-order valence-corrected chi connectivity index (χ4v) is 16.3. The van der Waals surface area contributed by atoms with Crippen LogP contribution in [0.5, 0.6) is 23.0 Å². The number of benzene rings is 9. The van der Waals surface area contributed by atoms with E-state index in [1.165, 1.54) is 70.9 Å². The van der Waals surface area contributed by atoms with Crippen molar-refractivity contribution in [3.05, 3.63) is 339 Å². The molecule has 5 aliphatic rings. The van der Waals surface area contributed by atoms with Gasteiger partial charge in [0.1, 0.15) is 51.3 Å². The summed E-state index contributed by atoms with van der Waals surface area (Å²) in [5, 5.41) is 68.0. The molecule has 9 aromatic carbocycles. The van der Waals surface area contributed by atoms with Gasteiger partial charge in [-0.1, -0.05) is 225 Å². The van der Waals surface area contributed by atoms with Crippen LogP contribution < -0.4 is 47.4 Å². The molecule has 0 radical (unpaired) electrons. The minimum Gasteiger partial charge on any atom is -0.505 e. The van der Waals surface area contributed by atoms with Crippen molar-refractivity contribution in [1.82, 2.24) is 55.6 Å². The van der Waals surface area contributed by atoms with E-state index in [9.17, 15) is 78.0 Å². The van der Waals surface area contributed by atoms with Crippen LogP contribution in [0.4, 0.5) is 28.4 Å². The Morgan fingerprint density at radius 1 is 0.352 bits per heavy atom. The van der Waals surface area contributed by atoms with Gasteiger partial charge in [-0.2, -0.15) is 0 Å². The van der Waals surface area contributed by atoms with Gasteiger partial charge in [-0.05, 0) is 139 Å². The zero-order valence-corrected chi connectivity index (χ0v) is 82.2. The predicted molar refractivity (Wildman–Crippen MR) is 541 cm³/mol. The molecule has 142 heavy (non-hydrogen) atoms. The van der Waals surface area contributed by atoms with Crippen molar-refractivity contribution in [2.45, 2.75) is 143 Å². The minimum absolute atomic E-state index is 0.0139. The number of nitrogens with zero attached hydrogens (tertiary/aromatic N) is 8. The zero-order valence-electron chi connectivity index (χ0n) is 82.2. The molecule has 15 rings (SSSR count). The van der Waals surface area contributed by atoms with Gasteiger partial charge in [0, 0.05) is 68.5 Å².